The zero-order valence-electron chi connectivity index (χ0n) is 10.8. The third kappa shape index (κ3) is 2.44. The molecule has 0 aliphatic heterocycles. The first-order chi connectivity index (χ1) is 8.49. The molecule has 0 saturated carbocycles. The van der Waals surface area contributed by atoms with Crippen LogP contribution in [0.4, 0.5) is 5.69 Å². The smallest absolute Gasteiger partial charge is 0.150 e. The summed E-state index contributed by atoms with van der Waals surface area (Å²) in [6, 6.07) is 9.53. The Morgan fingerprint density at radius 2 is 1.61 bits per heavy atom. The number of para-hydroxylation sites is 1. The number of ether oxygens (including phenoxy) is 1. The van der Waals surface area contributed by atoms with E-state index in [9.17, 15) is 0 Å². The lowest BCUT2D eigenvalue weighted by molar-refractivity contribution is 0.477. The van der Waals surface area contributed by atoms with Crippen LogP contribution >= 0.6 is 11.6 Å². The highest BCUT2D eigenvalue weighted by molar-refractivity contribution is 6.30. The lowest BCUT2D eigenvalue weighted by atomic mass is 10.1. The minimum atomic E-state index is 0.672. The molecule has 18 heavy (non-hydrogen) atoms. The molecule has 94 valence electrons. The molecule has 0 amide bonds. The van der Waals surface area contributed by atoms with Crippen LogP contribution in [0.2, 0.25) is 5.02 Å². The predicted molar refractivity (Wildman–Crippen MR) is 76.6 cm³/mol. The molecular weight excluding hydrogens is 246 g/mol. The third-order valence-electron chi connectivity index (χ3n) is 2.92. The highest BCUT2D eigenvalue weighted by Crippen LogP contribution is 2.34. The van der Waals surface area contributed by atoms with E-state index in [1.807, 2.05) is 51.1 Å². The number of rotatable bonds is 2. The quantitative estimate of drug-likeness (QED) is 0.800. The van der Waals surface area contributed by atoms with Gasteiger partial charge in [-0.25, -0.2) is 0 Å². The molecule has 0 radical (unpaired) electrons. The number of hydrogen-bond donors (Lipinski definition) is 1. The maximum absolute atomic E-state index is 6.01. The summed E-state index contributed by atoms with van der Waals surface area (Å²) >= 11 is 6.00. The Hall–Kier alpha value is -1.67. The van der Waals surface area contributed by atoms with Crippen LogP contribution in [-0.4, -0.2) is 0 Å². The largest absolute Gasteiger partial charge is 0.455 e. The van der Waals surface area contributed by atoms with Crippen LogP contribution in [0, 0.1) is 20.8 Å². The number of nitrogens with two attached hydrogens (primary N) is 1. The molecule has 0 saturated heterocycles. The van der Waals surface area contributed by atoms with Gasteiger partial charge in [0.2, 0.25) is 0 Å². The first-order valence-corrected chi connectivity index (χ1v) is 6.16. The molecule has 0 bridgehead atoms. The number of aryl methyl sites for hydroxylation is 3. The molecule has 0 fully saturated rings. The summed E-state index contributed by atoms with van der Waals surface area (Å²) in [7, 11) is 0. The van der Waals surface area contributed by atoms with Crippen molar-refractivity contribution >= 4 is 17.3 Å². The molecule has 0 aromatic heterocycles. The minimum Gasteiger partial charge on any atom is -0.455 e. The number of benzene rings is 2. The van der Waals surface area contributed by atoms with Gasteiger partial charge in [-0.2, -0.15) is 0 Å². The summed E-state index contributed by atoms with van der Waals surface area (Å²) in [5.41, 5.74) is 9.69. The van der Waals surface area contributed by atoms with Crippen molar-refractivity contribution in [2.45, 2.75) is 20.8 Å². The zero-order chi connectivity index (χ0) is 13.3. The first-order valence-electron chi connectivity index (χ1n) is 5.78. The Morgan fingerprint density at radius 3 is 2.22 bits per heavy atom. The fourth-order valence-electron chi connectivity index (χ4n) is 1.91. The second kappa shape index (κ2) is 4.91. The molecule has 2 nitrogen and oxygen atoms in total. The van der Waals surface area contributed by atoms with E-state index in [0.29, 0.717) is 11.4 Å². The van der Waals surface area contributed by atoms with E-state index in [2.05, 4.69) is 0 Å². The van der Waals surface area contributed by atoms with Gasteiger partial charge < -0.3 is 10.5 Å². The molecular formula is C15H16ClNO. The van der Waals surface area contributed by atoms with Gasteiger partial charge >= 0.3 is 0 Å². The fraction of sp³-hybridized carbons (Fsp3) is 0.200. The average Bonchev–Trinajstić information content (AvgIpc) is 2.28. The van der Waals surface area contributed by atoms with Gasteiger partial charge in [0.25, 0.3) is 0 Å². The second-order valence-electron chi connectivity index (χ2n) is 4.46. The predicted octanol–water partition coefficient (Wildman–Crippen LogP) is 4.64. The Balaban J connectivity index is 2.43. The van der Waals surface area contributed by atoms with E-state index in [0.717, 1.165) is 27.5 Å². The summed E-state index contributed by atoms with van der Waals surface area (Å²) in [6.45, 7) is 5.91. The van der Waals surface area contributed by atoms with Crippen LogP contribution in [0.15, 0.2) is 30.3 Å². The second-order valence-corrected chi connectivity index (χ2v) is 4.89. The summed E-state index contributed by atoms with van der Waals surface area (Å²) in [6.07, 6.45) is 0. The standard InChI is InChI=1S/C15H16ClNO/c1-9-5-4-6-13(14(9)17)18-15-10(2)7-12(16)8-11(15)3/h4-8H,17H2,1-3H3. The Labute approximate surface area is 112 Å². The fourth-order valence-corrected chi connectivity index (χ4v) is 2.24. The van der Waals surface area contributed by atoms with Gasteiger partial charge in [0, 0.05) is 5.02 Å². The molecule has 2 aromatic carbocycles. The maximum atomic E-state index is 6.01. The summed E-state index contributed by atoms with van der Waals surface area (Å²) in [4.78, 5) is 0. The molecule has 0 aliphatic rings. The maximum Gasteiger partial charge on any atom is 0.150 e. The number of anilines is 1. The molecule has 3 heteroatoms. The van der Waals surface area contributed by atoms with E-state index in [1.54, 1.807) is 0 Å². The number of halogens is 1. The van der Waals surface area contributed by atoms with Gasteiger partial charge in [0.05, 0.1) is 5.69 Å². The van der Waals surface area contributed by atoms with Crippen LogP contribution < -0.4 is 10.5 Å². The summed E-state index contributed by atoms with van der Waals surface area (Å²) in [5.74, 6) is 1.50. The topological polar surface area (TPSA) is 35.2 Å². The molecule has 2 rings (SSSR count). The van der Waals surface area contributed by atoms with Crippen LogP contribution in [-0.2, 0) is 0 Å². The van der Waals surface area contributed by atoms with Gasteiger partial charge in [-0.1, -0.05) is 23.7 Å². The van der Waals surface area contributed by atoms with Crippen molar-refractivity contribution in [1.29, 1.82) is 0 Å². The normalized spacial score (nSPS) is 10.4. The highest BCUT2D eigenvalue weighted by atomic mass is 35.5. The lowest BCUT2D eigenvalue weighted by Gasteiger charge is -2.14. The van der Waals surface area contributed by atoms with Crippen molar-refractivity contribution in [3.05, 3.63) is 52.0 Å². The zero-order valence-corrected chi connectivity index (χ0v) is 11.5. The third-order valence-corrected chi connectivity index (χ3v) is 3.14. The van der Waals surface area contributed by atoms with Crippen molar-refractivity contribution in [3.8, 4) is 11.5 Å². The van der Waals surface area contributed by atoms with Crippen molar-refractivity contribution in [2.24, 2.45) is 0 Å². The monoisotopic (exact) mass is 261 g/mol. The van der Waals surface area contributed by atoms with Crippen molar-refractivity contribution < 1.29 is 4.74 Å². The number of hydrogen-bond acceptors (Lipinski definition) is 2. The average molecular weight is 262 g/mol. The summed E-state index contributed by atoms with van der Waals surface area (Å²) in [5, 5.41) is 0.717. The van der Waals surface area contributed by atoms with Crippen LogP contribution in [0.3, 0.4) is 0 Å². The number of nitrogen functional groups attached to an aromatic ring is 1. The molecule has 0 unspecified atom stereocenters. The Kier molecular flexibility index (Phi) is 3.48. The molecule has 0 aliphatic carbocycles. The van der Waals surface area contributed by atoms with Crippen molar-refractivity contribution in [1.82, 2.24) is 0 Å². The van der Waals surface area contributed by atoms with Crippen LogP contribution in [0.1, 0.15) is 16.7 Å². The van der Waals surface area contributed by atoms with E-state index >= 15 is 0 Å². The van der Waals surface area contributed by atoms with Gasteiger partial charge in [0.1, 0.15) is 5.75 Å². The Bertz CT molecular complexity index is 570. The molecule has 0 atom stereocenters. The van der Waals surface area contributed by atoms with Gasteiger partial charge in [-0.05, 0) is 55.7 Å². The van der Waals surface area contributed by atoms with Crippen LogP contribution in [0.25, 0.3) is 0 Å². The van der Waals surface area contributed by atoms with Crippen LogP contribution in [0.5, 0.6) is 11.5 Å². The highest BCUT2D eigenvalue weighted by Gasteiger charge is 2.09. The van der Waals surface area contributed by atoms with Gasteiger partial charge in [0.15, 0.2) is 5.75 Å². The Morgan fingerprint density at radius 1 is 1.00 bits per heavy atom. The molecule has 0 heterocycles. The molecule has 0 spiro atoms. The first kappa shape index (κ1) is 12.8. The lowest BCUT2D eigenvalue weighted by Crippen LogP contribution is -1.97. The SMILES string of the molecule is Cc1cccc(Oc2c(C)cc(Cl)cc2C)c1N. The van der Waals surface area contributed by atoms with Crippen molar-refractivity contribution in [3.63, 3.8) is 0 Å². The van der Waals surface area contributed by atoms with E-state index in [-0.39, 0.29) is 0 Å². The van der Waals surface area contributed by atoms with E-state index in [4.69, 9.17) is 22.1 Å². The minimum absolute atomic E-state index is 0.672. The summed E-state index contributed by atoms with van der Waals surface area (Å²) < 4.78 is 5.92. The van der Waals surface area contributed by atoms with Crippen molar-refractivity contribution in [2.75, 3.05) is 5.73 Å². The molecule has 2 N–H and O–H groups in total. The van der Waals surface area contributed by atoms with Gasteiger partial charge in [-0.3, -0.25) is 0 Å². The van der Waals surface area contributed by atoms with E-state index < -0.39 is 0 Å². The molecule has 2 aromatic rings. The van der Waals surface area contributed by atoms with E-state index in [1.165, 1.54) is 0 Å². The van der Waals surface area contributed by atoms with Gasteiger partial charge in [-0.15, -0.1) is 0 Å².